The maximum absolute atomic E-state index is 11.7. The highest BCUT2D eigenvalue weighted by Gasteiger charge is 2.13. The van der Waals surface area contributed by atoms with Gasteiger partial charge in [0.15, 0.2) is 6.61 Å². The first kappa shape index (κ1) is 16.4. The highest BCUT2D eigenvalue weighted by atomic mass is 35.5. The fourth-order valence-corrected chi connectivity index (χ4v) is 1.95. The van der Waals surface area contributed by atoms with Gasteiger partial charge in [-0.25, -0.2) is 0 Å². The zero-order chi connectivity index (χ0) is 14.6. The molecule has 0 aliphatic rings. The number of aliphatic hydroxyl groups is 1. The van der Waals surface area contributed by atoms with E-state index in [1.807, 2.05) is 0 Å². The predicted molar refractivity (Wildman–Crippen MR) is 76.3 cm³/mol. The molecule has 0 aliphatic heterocycles. The van der Waals surface area contributed by atoms with Crippen LogP contribution in [0.1, 0.15) is 6.92 Å². The molecule has 1 atom stereocenters. The lowest BCUT2D eigenvalue weighted by molar-refractivity contribution is -0.133. The van der Waals surface area contributed by atoms with Gasteiger partial charge in [0.2, 0.25) is 0 Å². The molecule has 0 spiro atoms. The summed E-state index contributed by atoms with van der Waals surface area (Å²) in [6, 6.07) is 2.90. The molecule has 0 saturated carbocycles. The smallest absolute Gasteiger partial charge is 0.260 e. The second-order valence-corrected chi connectivity index (χ2v) is 5.33. The second-order valence-electron chi connectivity index (χ2n) is 4.11. The molecular formula is C12H14Cl3NO3. The number of amides is 1. The van der Waals surface area contributed by atoms with Crippen molar-refractivity contribution >= 4 is 40.7 Å². The third kappa shape index (κ3) is 5.07. The lowest BCUT2D eigenvalue weighted by atomic mass is 10.3. The normalized spacial score (nSPS) is 12.1. The van der Waals surface area contributed by atoms with Gasteiger partial charge in [0, 0.05) is 19.7 Å². The monoisotopic (exact) mass is 325 g/mol. The average Bonchev–Trinajstić information content (AvgIpc) is 2.30. The van der Waals surface area contributed by atoms with Gasteiger partial charge in [0.05, 0.1) is 21.2 Å². The predicted octanol–water partition coefficient (Wildman–Crippen LogP) is 2.86. The van der Waals surface area contributed by atoms with E-state index in [-0.39, 0.29) is 29.8 Å². The number of likely N-dealkylation sites (N-methyl/N-ethyl adjacent to an activating group) is 1. The van der Waals surface area contributed by atoms with E-state index in [0.717, 1.165) is 0 Å². The van der Waals surface area contributed by atoms with Crippen LogP contribution in [0.15, 0.2) is 12.1 Å². The van der Waals surface area contributed by atoms with Crippen LogP contribution in [0, 0.1) is 0 Å². The standard InChI is InChI=1S/C12H14Cl3NO3/c1-7(17)5-16(2)12(18)6-19-11-4-9(14)8(13)3-10(11)15/h3-4,7,17H,5-6H2,1-2H3. The number of aliphatic hydroxyl groups excluding tert-OH is 1. The molecule has 0 aliphatic carbocycles. The molecule has 1 N–H and O–H groups in total. The Bertz CT molecular complexity index is 466. The van der Waals surface area contributed by atoms with Gasteiger partial charge in [-0.2, -0.15) is 0 Å². The summed E-state index contributed by atoms with van der Waals surface area (Å²) in [6.07, 6.45) is -0.595. The van der Waals surface area contributed by atoms with Gasteiger partial charge in [0.25, 0.3) is 5.91 Å². The van der Waals surface area contributed by atoms with Crippen LogP contribution >= 0.6 is 34.8 Å². The summed E-state index contributed by atoms with van der Waals surface area (Å²) in [7, 11) is 1.58. The SMILES string of the molecule is CC(O)CN(C)C(=O)COc1cc(Cl)c(Cl)cc1Cl. The van der Waals surface area contributed by atoms with Crippen LogP contribution in [0.5, 0.6) is 5.75 Å². The van der Waals surface area contributed by atoms with Crippen molar-refractivity contribution in [1.82, 2.24) is 4.90 Å². The summed E-state index contributed by atoms with van der Waals surface area (Å²) in [5.41, 5.74) is 0. The van der Waals surface area contributed by atoms with Crippen molar-refractivity contribution in [1.29, 1.82) is 0 Å². The minimum absolute atomic E-state index is 0.194. The number of halogens is 3. The van der Waals surface area contributed by atoms with Crippen molar-refractivity contribution < 1.29 is 14.6 Å². The zero-order valence-corrected chi connectivity index (χ0v) is 12.8. The number of carbonyl (C=O) groups excluding carboxylic acids is 1. The van der Waals surface area contributed by atoms with Gasteiger partial charge in [-0.15, -0.1) is 0 Å². The number of carbonyl (C=O) groups is 1. The minimum Gasteiger partial charge on any atom is -0.482 e. The summed E-state index contributed by atoms with van der Waals surface area (Å²) in [5, 5.41) is 10.1. The number of rotatable bonds is 5. The highest BCUT2D eigenvalue weighted by Crippen LogP contribution is 2.33. The van der Waals surface area contributed by atoms with Crippen molar-refractivity contribution in [3.05, 3.63) is 27.2 Å². The van der Waals surface area contributed by atoms with Crippen molar-refractivity contribution in [3.63, 3.8) is 0 Å². The number of hydrogen-bond acceptors (Lipinski definition) is 3. The first-order chi connectivity index (χ1) is 8.81. The van der Waals surface area contributed by atoms with Crippen LogP contribution < -0.4 is 4.74 Å². The van der Waals surface area contributed by atoms with E-state index in [2.05, 4.69) is 0 Å². The quantitative estimate of drug-likeness (QED) is 0.847. The fraction of sp³-hybridized carbons (Fsp3) is 0.417. The van der Waals surface area contributed by atoms with Crippen LogP contribution in [-0.2, 0) is 4.79 Å². The molecule has 0 bridgehead atoms. The number of ether oxygens (including phenoxy) is 1. The zero-order valence-electron chi connectivity index (χ0n) is 10.5. The Kier molecular flexibility index (Phi) is 6.20. The Morgan fingerprint density at radius 1 is 1.32 bits per heavy atom. The van der Waals surface area contributed by atoms with Crippen molar-refractivity contribution in [2.75, 3.05) is 20.2 Å². The number of benzene rings is 1. The maximum Gasteiger partial charge on any atom is 0.260 e. The van der Waals surface area contributed by atoms with Gasteiger partial charge < -0.3 is 14.7 Å². The van der Waals surface area contributed by atoms with E-state index >= 15 is 0 Å². The van der Waals surface area contributed by atoms with Gasteiger partial charge in [-0.05, 0) is 13.0 Å². The molecule has 0 saturated heterocycles. The Morgan fingerprint density at radius 2 is 1.89 bits per heavy atom. The summed E-state index contributed by atoms with van der Waals surface area (Å²) in [4.78, 5) is 13.1. The number of nitrogens with zero attached hydrogens (tertiary/aromatic N) is 1. The molecule has 1 amide bonds. The van der Waals surface area contributed by atoms with E-state index in [9.17, 15) is 9.90 Å². The van der Waals surface area contributed by atoms with Crippen LogP contribution in [0.2, 0.25) is 15.1 Å². The lowest BCUT2D eigenvalue weighted by Crippen LogP contribution is -2.36. The van der Waals surface area contributed by atoms with Crippen molar-refractivity contribution in [2.24, 2.45) is 0 Å². The Balaban J connectivity index is 2.62. The Morgan fingerprint density at radius 3 is 2.47 bits per heavy atom. The second kappa shape index (κ2) is 7.20. The minimum atomic E-state index is -0.595. The molecule has 0 aromatic heterocycles. The molecule has 1 aromatic carbocycles. The summed E-state index contributed by atoms with van der Waals surface area (Å²) < 4.78 is 5.29. The van der Waals surface area contributed by atoms with Crippen molar-refractivity contribution in [3.8, 4) is 5.75 Å². The lowest BCUT2D eigenvalue weighted by Gasteiger charge is -2.19. The van der Waals surface area contributed by atoms with Gasteiger partial charge in [-0.3, -0.25) is 4.79 Å². The summed E-state index contributed by atoms with van der Waals surface area (Å²) in [6.45, 7) is 1.64. The van der Waals surface area contributed by atoms with Crippen LogP contribution in [0.4, 0.5) is 0 Å². The molecule has 7 heteroatoms. The van der Waals surface area contributed by atoms with E-state index in [4.69, 9.17) is 39.5 Å². The molecule has 0 radical (unpaired) electrons. The van der Waals surface area contributed by atoms with Gasteiger partial charge in [-0.1, -0.05) is 34.8 Å². The summed E-state index contributed by atoms with van der Waals surface area (Å²) in [5.74, 6) is 0.0119. The van der Waals surface area contributed by atoms with Gasteiger partial charge >= 0.3 is 0 Å². The molecule has 19 heavy (non-hydrogen) atoms. The third-order valence-electron chi connectivity index (χ3n) is 2.29. The molecule has 106 valence electrons. The van der Waals surface area contributed by atoms with E-state index in [1.165, 1.54) is 17.0 Å². The Labute approximate surface area is 126 Å². The van der Waals surface area contributed by atoms with Crippen LogP contribution in [0.3, 0.4) is 0 Å². The van der Waals surface area contributed by atoms with E-state index in [0.29, 0.717) is 10.0 Å². The summed E-state index contributed by atoms with van der Waals surface area (Å²) >= 11 is 17.5. The van der Waals surface area contributed by atoms with Crippen molar-refractivity contribution in [2.45, 2.75) is 13.0 Å². The Hall–Kier alpha value is -0.680. The van der Waals surface area contributed by atoms with Crippen LogP contribution in [0.25, 0.3) is 0 Å². The number of hydrogen-bond donors (Lipinski definition) is 1. The molecule has 0 fully saturated rings. The largest absolute Gasteiger partial charge is 0.482 e. The fourth-order valence-electron chi connectivity index (χ4n) is 1.36. The van der Waals surface area contributed by atoms with E-state index in [1.54, 1.807) is 14.0 Å². The maximum atomic E-state index is 11.7. The topological polar surface area (TPSA) is 49.8 Å². The van der Waals surface area contributed by atoms with Crippen LogP contribution in [-0.4, -0.2) is 42.2 Å². The third-order valence-corrected chi connectivity index (χ3v) is 3.31. The van der Waals surface area contributed by atoms with E-state index < -0.39 is 6.10 Å². The molecule has 1 aromatic rings. The average molecular weight is 327 g/mol. The molecule has 0 heterocycles. The first-order valence-electron chi connectivity index (χ1n) is 5.50. The first-order valence-corrected chi connectivity index (χ1v) is 6.64. The van der Waals surface area contributed by atoms with Gasteiger partial charge in [0.1, 0.15) is 5.75 Å². The molecule has 1 rings (SSSR count). The molecule has 1 unspecified atom stereocenters. The molecular weight excluding hydrogens is 312 g/mol. The highest BCUT2D eigenvalue weighted by molar-refractivity contribution is 6.43. The molecule has 4 nitrogen and oxygen atoms in total.